The van der Waals surface area contributed by atoms with Crippen molar-refractivity contribution >= 4 is 16.9 Å². The lowest BCUT2D eigenvalue weighted by Crippen LogP contribution is -2.09. The third-order valence-electron chi connectivity index (χ3n) is 2.52. The van der Waals surface area contributed by atoms with Crippen LogP contribution in [0.15, 0.2) is 24.3 Å². The molecule has 0 saturated heterocycles. The van der Waals surface area contributed by atoms with Crippen molar-refractivity contribution in [2.75, 3.05) is 6.61 Å². The molecule has 0 saturated carbocycles. The highest BCUT2D eigenvalue weighted by Gasteiger charge is 2.15. The topological polar surface area (TPSA) is 51.5 Å². The van der Waals surface area contributed by atoms with Gasteiger partial charge in [-0.2, -0.15) is 0 Å². The van der Waals surface area contributed by atoms with Crippen LogP contribution < -0.4 is 0 Å². The van der Waals surface area contributed by atoms with Gasteiger partial charge in [0.25, 0.3) is 0 Å². The largest absolute Gasteiger partial charge is 0.506 e. The SMILES string of the molecule is CCOC(=O)c1cc2cccc(O)c2n1C. The highest BCUT2D eigenvalue weighted by atomic mass is 16.5. The van der Waals surface area contributed by atoms with Gasteiger partial charge in [0.05, 0.1) is 12.1 Å². The molecule has 0 bridgehead atoms. The fraction of sp³-hybridized carbons (Fsp3) is 0.250. The number of aromatic hydroxyl groups is 1. The molecule has 0 aliphatic rings. The smallest absolute Gasteiger partial charge is 0.354 e. The first-order valence-electron chi connectivity index (χ1n) is 5.09. The Balaban J connectivity index is 2.61. The maximum absolute atomic E-state index is 11.6. The number of aryl methyl sites for hydroxylation is 1. The summed E-state index contributed by atoms with van der Waals surface area (Å²) in [6, 6.07) is 6.90. The number of carbonyl (C=O) groups is 1. The van der Waals surface area contributed by atoms with Gasteiger partial charge in [-0.3, -0.25) is 0 Å². The van der Waals surface area contributed by atoms with Gasteiger partial charge in [0.15, 0.2) is 0 Å². The van der Waals surface area contributed by atoms with Gasteiger partial charge in [-0.25, -0.2) is 4.79 Å². The zero-order valence-corrected chi connectivity index (χ0v) is 9.23. The molecule has 0 unspecified atom stereocenters. The fourth-order valence-corrected chi connectivity index (χ4v) is 1.80. The number of benzene rings is 1. The first kappa shape index (κ1) is 10.5. The lowest BCUT2D eigenvalue weighted by molar-refractivity contribution is 0.0516. The molecule has 16 heavy (non-hydrogen) atoms. The minimum Gasteiger partial charge on any atom is -0.506 e. The Morgan fingerprint density at radius 3 is 2.88 bits per heavy atom. The van der Waals surface area contributed by atoms with Gasteiger partial charge in [-0.15, -0.1) is 0 Å². The molecule has 1 aromatic heterocycles. The van der Waals surface area contributed by atoms with Crippen molar-refractivity contribution in [3.63, 3.8) is 0 Å². The van der Waals surface area contributed by atoms with Crippen LogP contribution in [0.25, 0.3) is 10.9 Å². The number of rotatable bonds is 2. The van der Waals surface area contributed by atoms with Crippen LogP contribution in [0.2, 0.25) is 0 Å². The van der Waals surface area contributed by atoms with Crippen molar-refractivity contribution in [1.29, 1.82) is 0 Å². The molecular weight excluding hydrogens is 206 g/mol. The summed E-state index contributed by atoms with van der Waals surface area (Å²) in [5.74, 6) is -0.212. The molecular formula is C12H13NO3. The number of hydrogen-bond donors (Lipinski definition) is 1. The number of fused-ring (bicyclic) bond motifs is 1. The second-order valence-corrected chi connectivity index (χ2v) is 3.52. The first-order chi connectivity index (χ1) is 7.65. The summed E-state index contributed by atoms with van der Waals surface area (Å²) in [4.78, 5) is 11.6. The molecule has 1 heterocycles. The van der Waals surface area contributed by atoms with Gasteiger partial charge in [0, 0.05) is 12.4 Å². The number of esters is 1. The van der Waals surface area contributed by atoms with Crippen molar-refractivity contribution in [3.8, 4) is 5.75 Å². The molecule has 4 heteroatoms. The van der Waals surface area contributed by atoms with E-state index in [0.29, 0.717) is 17.8 Å². The molecule has 0 aliphatic heterocycles. The number of phenolic OH excluding ortho intramolecular Hbond substituents is 1. The van der Waals surface area contributed by atoms with Gasteiger partial charge >= 0.3 is 5.97 Å². The van der Waals surface area contributed by atoms with Crippen molar-refractivity contribution in [2.24, 2.45) is 7.05 Å². The number of para-hydroxylation sites is 1. The summed E-state index contributed by atoms with van der Waals surface area (Å²) in [6.07, 6.45) is 0. The summed E-state index contributed by atoms with van der Waals surface area (Å²) in [5, 5.41) is 10.5. The maximum Gasteiger partial charge on any atom is 0.354 e. The van der Waals surface area contributed by atoms with Gasteiger partial charge in [-0.1, -0.05) is 12.1 Å². The molecule has 0 amide bonds. The fourth-order valence-electron chi connectivity index (χ4n) is 1.80. The Bertz CT molecular complexity index is 542. The van der Waals surface area contributed by atoms with E-state index in [0.717, 1.165) is 5.39 Å². The predicted octanol–water partition coefficient (Wildman–Crippen LogP) is 2.06. The minimum absolute atomic E-state index is 0.163. The summed E-state index contributed by atoms with van der Waals surface area (Å²) in [7, 11) is 1.73. The molecule has 0 atom stereocenters. The standard InChI is InChI=1S/C12H13NO3/c1-3-16-12(15)9-7-8-5-4-6-10(14)11(8)13(9)2/h4-7,14H,3H2,1-2H3. The van der Waals surface area contributed by atoms with Crippen LogP contribution in [0.5, 0.6) is 5.75 Å². The monoisotopic (exact) mass is 219 g/mol. The van der Waals surface area contributed by atoms with Gasteiger partial charge < -0.3 is 14.4 Å². The van der Waals surface area contributed by atoms with Crippen LogP contribution in [-0.2, 0) is 11.8 Å². The number of carbonyl (C=O) groups excluding carboxylic acids is 1. The number of nitrogens with zero attached hydrogens (tertiary/aromatic N) is 1. The molecule has 0 fully saturated rings. The molecule has 1 aromatic carbocycles. The van der Waals surface area contributed by atoms with Crippen molar-refractivity contribution < 1.29 is 14.6 Å². The summed E-state index contributed by atoms with van der Waals surface area (Å²) < 4.78 is 6.58. The Labute approximate surface area is 93.1 Å². The van der Waals surface area contributed by atoms with Gasteiger partial charge in [-0.05, 0) is 19.1 Å². The van der Waals surface area contributed by atoms with Crippen molar-refractivity contribution in [3.05, 3.63) is 30.0 Å². The third kappa shape index (κ3) is 1.52. The summed E-state index contributed by atoms with van der Waals surface area (Å²) in [6.45, 7) is 2.10. The molecule has 4 nitrogen and oxygen atoms in total. The lowest BCUT2D eigenvalue weighted by Gasteiger charge is -2.04. The summed E-state index contributed by atoms with van der Waals surface area (Å²) in [5.41, 5.74) is 1.09. The Hall–Kier alpha value is -1.97. The predicted molar refractivity (Wildman–Crippen MR) is 60.5 cm³/mol. The Morgan fingerprint density at radius 2 is 2.25 bits per heavy atom. The van der Waals surface area contributed by atoms with Crippen LogP contribution in [0, 0.1) is 0 Å². The minimum atomic E-state index is -0.374. The van der Waals surface area contributed by atoms with E-state index < -0.39 is 0 Å². The quantitative estimate of drug-likeness (QED) is 0.786. The van der Waals surface area contributed by atoms with E-state index in [-0.39, 0.29) is 11.7 Å². The Kier molecular flexibility index (Phi) is 2.56. The van der Waals surface area contributed by atoms with Gasteiger partial charge in [0.2, 0.25) is 0 Å². The molecule has 0 spiro atoms. The van der Waals surface area contributed by atoms with Crippen LogP contribution in [0.4, 0.5) is 0 Å². The van der Waals surface area contributed by atoms with E-state index in [1.165, 1.54) is 0 Å². The average Bonchev–Trinajstić information content (AvgIpc) is 2.58. The molecule has 0 aliphatic carbocycles. The number of phenols is 1. The lowest BCUT2D eigenvalue weighted by atomic mass is 10.2. The Morgan fingerprint density at radius 1 is 1.50 bits per heavy atom. The highest BCUT2D eigenvalue weighted by molar-refractivity contribution is 5.97. The number of ether oxygens (including phenoxy) is 1. The van der Waals surface area contributed by atoms with E-state index in [4.69, 9.17) is 4.74 Å². The van der Waals surface area contributed by atoms with E-state index in [9.17, 15) is 9.90 Å². The molecule has 2 rings (SSSR count). The second kappa shape index (κ2) is 3.89. The van der Waals surface area contributed by atoms with E-state index >= 15 is 0 Å². The highest BCUT2D eigenvalue weighted by Crippen LogP contribution is 2.27. The van der Waals surface area contributed by atoms with Crippen LogP contribution >= 0.6 is 0 Å². The number of aromatic nitrogens is 1. The first-order valence-corrected chi connectivity index (χ1v) is 5.09. The van der Waals surface area contributed by atoms with Crippen molar-refractivity contribution in [1.82, 2.24) is 4.57 Å². The third-order valence-corrected chi connectivity index (χ3v) is 2.52. The summed E-state index contributed by atoms with van der Waals surface area (Å²) >= 11 is 0. The van der Waals surface area contributed by atoms with Crippen LogP contribution in [0.3, 0.4) is 0 Å². The van der Waals surface area contributed by atoms with Gasteiger partial charge in [0.1, 0.15) is 11.4 Å². The van der Waals surface area contributed by atoms with E-state index in [1.54, 1.807) is 36.7 Å². The van der Waals surface area contributed by atoms with Crippen LogP contribution in [-0.4, -0.2) is 22.2 Å². The number of hydrogen-bond acceptors (Lipinski definition) is 3. The average molecular weight is 219 g/mol. The molecule has 0 radical (unpaired) electrons. The van der Waals surface area contributed by atoms with E-state index in [1.807, 2.05) is 6.07 Å². The van der Waals surface area contributed by atoms with Crippen molar-refractivity contribution in [2.45, 2.75) is 6.92 Å². The van der Waals surface area contributed by atoms with E-state index in [2.05, 4.69) is 0 Å². The zero-order valence-electron chi connectivity index (χ0n) is 9.23. The second-order valence-electron chi connectivity index (χ2n) is 3.52. The zero-order chi connectivity index (χ0) is 11.7. The van der Waals surface area contributed by atoms with Crippen LogP contribution in [0.1, 0.15) is 17.4 Å². The normalized spacial score (nSPS) is 10.6. The molecule has 2 aromatic rings. The maximum atomic E-state index is 11.6. The molecule has 84 valence electrons. The molecule has 1 N–H and O–H groups in total.